The van der Waals surface area contributed by atoms with E-state index in [2.05, 4.69) is 44.5 Å². The number of nitrogens with one attached hydrogen (secondary N) is 1. The van der Waals surface area contributed by atoms with Crippen LogP contribution < -0.4 is 5.32 Å². The maximum Gasteiger partial charge on any atom is 0.103 e. The highest BCUT2D eigenvalue weighted by Gasteiger charge is 2.17. The largest absolute Gasteiger partial charge is 0.386 e. The van der Waals surface area contributed by atoms with Crippen molar-refractivity contribution in [2.24, 2.45) is 5.92 Å². The van der Waals surface area contributed by atoms with Crippen molar-refractivity contribution in [3.05, 3.63) is 21.9 Å². The summed E-state index contributed by atoms with van der Waals surface area (Å²) in [7, 11) is 0. The van der Waals surface area contributed by atoms with Crippen LogP contribution in [0.25, 0.3) is 0 Å². The van der Waals surface area contributed by atoms with Crippen LogP contribution in [0.5, 0.6) is 0 Å². The van der Waals surface area contributed by atoms with Crippen LogP contribution in [0.15, 0.2) is 11.4 Å². The van der Waals surface area contributed by atoms with E-state index in [9.17, 15) is 5.11 Å². The van der Waals surface area contributed by atoms with Gasteiger partial charge in [0, 0.05) is 10.9 Å². The molecule has 1 rings (SSSR count). The van der Waals surface area contributed by atoms with Gasteiger partial charge in [-0.15, -0.1) is 11.3 Å². The molecule has 2 unspecified atom stereocenters. The van der Waals surface area contributed by atoms with Crippen molar-refractivity contribution in [2.75, 3.05) is 6.54 Å². The average Bonchev–Trinajstić information content (AvgIpc) is 2.92. The molecule has 22 heavy (non-hydrogen) atoms. The number of unbranched alkanes of at least 4 members (excludes halogenated alkanes) is 5. The van der Waals surface area contributed by atoms with Crippen LogP contribution in [0.4, 0.5) is 0 Å². The molecule has 0 spiro atoms. The molecule has 0 bridgehead atoms. The van der Waals surface area contributed by atoms with Gasteiger partial charge in [-0.1, -0.05) is 52.9 Å². The summed E-state index contributed by atoms with van der Waals surface area (Å²) < 4.78 is 0. The minimum atomic E-state index is -0.383. The van der Waals surface area contributed by atoms with E-state index in [4.69, 9.17) is 0 Å². The topological polar surface area (TPSA) is 32.3 Å². The molecule has 0 aliphatic carbocycles. The fraction of sp³-hybridized carbons (Fsp3) is 0.789. The van der Waals surface area contributed by atoms with E-state index in [1.807, 2.05) is 0 Å². The van der Waals surface area contributed by atoms with Gasteiger partial charge in [0.2, 0.25) is 0 Å². The molecule has 128 valence electrons. The Kier molecular flexibility index (Phi) is 10.0. The zero-order valence-corrected chi connectivity index (χ0v) is 15.7. The Morgan fingerprint density at radius 1 is 1.09 bits per heavy atom. The number of thiophene rings is 1. The van der Waals surface area contributed by atoms with E-state index in [1.165, 1.54) is 44.1 Å². The third kappa shape index (κ3) is 7.75. The molecule has 2 atom stereocenters. The maximum absolute atomic E-state index is 10.5. The minimum absolute atomic E-state index is 0.126. The average molecular weight is 326 g/mol. The summed E-state index contributed by atoms with van der Waals surface area (Å²) in [4.78, 5) is 1.10. The van der Waals surface area contributed by atoms with Crippen molar-refractivity contribution in [3.63, 3.8) is 0 Å². The van der Waals surface area contributed by atoms with E-state index < -0.39 is 0 Å². The van der Waals surface area contributed by atoms with Gasteiger partial charge in [-0.05, 0) is 49.2 Å². The first-order chi connectivity index (χ1) is 10.5. The highest BCUT2D eigenvalue weighted by atomic mass is 32.1. The predicted molar refractivity (Wildman–Crippen MR) is 98.7 cm³/mol. The van der Waals surface area contributed by atoms with Gasteiger partial charge in [0.05, 0.1) is 0 Å². The Hall–Kier alpha value is -0.380. The van der Waals surface area contributed by atoms with Gasteiger partial charge in [0.25, 0.3) is 0 Å². The normalized spacial score (nSPS) is 14.5. The summed E-state index contributed by atoms with van der Waals surface area (Å²) in [5, 5.41) is 16.1. The van der Waals surface area contributed by atoms with Crippen molar-refractivity contribution in [2.45, 2.75) is 84.8 Å². The Morgan fingerprint density at radius 2 is 1.77 bits per heavy atom. The van der Waals surface area contributed by atoms with Crippen molar-refractivity contribution in [3.8, 4) is 0 Å². The molecule has 3 heteroatoms. The smallest absolute Gasteiger partial charge is 0.103 e. The lowest BCUT2D eigenvalue weighted by Gasteiger charge is -2.19. The zero-order chi connectivity index (χ0) is 16.4. The number of hydrogen-bond donors (Lipinski definition) is 2. The molecule has 0 fully saturated rings. The molecule has 1 aromatic rings. The van der Waals surface area contributed by atoms with E-state index in [1.54, 1.807) is 11.3 Å². The van der Waals surface area contributed by atoms with Gasteiger partial charge >= 0.3 is 0 Å². The van der Waals surface area contributed by atoms with E-state index in [-0.39, 0.29) is 12.1 Å². The lowest BCUT2D eigenvalue weighted by atomic mass is 10.0. The van der Waals surface area contributed by atoms with Gasteiger partial charge < -0.3 is 10.4 Å². The summed E-state index contributed by atoms with van der Waals surface area (Å²) in [6.45, 7) is 9.82. The van der Waals surface area contributed by atoms with Crippen LogP contribution in [0.2, 0.25) is 0 Å². The summed E-state index contributed by atoms with van der Waals surface area (Å²) in [5.41, 5.74) is 1.36. The van der Waals surface area contributed by atoms with Crippen molar-refractivity contribution < 1.29 is 5.11 Å². The Bertz CT molecular complexity index is 389. The van der Waals surface area contributed by atoms with Crippen LogP contribution in [0.3, 0.4) is 0 Å². The fourth-order valence-corrected chi connectivity index (χ4v) is 3.74. The van der Waals surface area contributed by atoms with Crippen molar-refractivity contribution in [1.29, 1.82) is 0 Å². The summed E-state index contributed by atoms with van der Waals surface area (Å²) in [6.07, 6.45) is 8.60. The van der Waals surface area contributed by atoms with Crippen LogP contribution in [0.1, 0.15) is 82.8 Å². The van der Waals surface area contributed by atoms with E-state index in [0.717, 1.165) is 17.8 Å². The van der Waals surface area contributed by atoms with Crippen LogP contribution in [-0.4, -0.2) is 17.7 Å². The Morgan fingerprint density at radius 3 is 2.45 bits per heavy atom. The molecule has 1 heterocycles. The Labute approximate surface area is 141 Å². The summed E-state index contributed by atoms with van der Waals surface area (Å²) in [5.74, 6) is 0.669. The molecule has 0 aliphatic rings. The molecule has 0 aromatic carbocycles. The third-order valence-electron chi connectivity index (χ3n) is 4.08. The third-order valence-corrected chi connectivity index (χ3v) is 5.13. The maximum atomic E-state index is 10.5. The first-order valence-corrected chi connectivity index (χ1v) is 9.91. The standard InChI is InChI=1S/C19H35NOS/c1-5-6-7-8-9-10-11-20-16(4)19(21)18-13-17(14-22-18)12-15(2)3/h13-16,19-21H,5-12H2,1-4H3. The molecule has 0 amide bonds. The molecule has 0 radical (unpaired) electrons. The second-order valence-electron chi connectivity index (χ2n) is 6.91. The molecular weight excluding hydrogens is 290 g/mol. The number of rotatable bonds is 12. The molecule has 0 saturated carbocycles. The number of aliphatic hydroxyl groups excluding tert-OH is 1. The summed E-state index contributed by atoms with van der Waals surface area (Å²) >= 11 is 1.69. The quantitative estimate of drug-likeness (QED) is 0.510. The molecule has 0 saturated heterocycles. The fourth-order valence-electron chi connectivity index (χ4n) is 2.72. The molecular formula is C19H35NOS. The SMILES string of the molecule is CCCCCCCCNC(C)C(O)c1cc(CC(C)C)cs1. The van der Waals surface area contributed by atoms with Gasteiger partial charge in [-0.2, -0.15) is 0 Å². The first kappa shape index (κ1) is 19.7. The highest BCUT2D eigenvalue weighted by molar-refractivity contribution is 7.10. The second-order valence-corrected chi connectivity index (χ2v) is 7.85. The van der Waals surface area contributed by atoms with Crippen molar-refractivity contribution in [1.82, 2.24) is 5.32 Å². The summed E-state index contributed by atoms with van der Waals surface area (Å²) in [6, 6.07) is 2.30. The van der Waals surface area contributed by atoms with Crippen LogP contribution in [0, 0.1) is 5.92 Å². The van der Waals surface area contributed by atoms with Gasteiger partial charge in [-0.25, -0.2) is 0 Å². The highest BCUT2D eigenvalue weighted by Crippen LogP contribution is 2.26. The minimum Gasteiger partial charge on any atom is -0.386 e. The molecule has 0 aliphatic heterocycles. The molecule has 2 N–H and O–H groups in total. The van der Waals surface area contributed by atoms with Gasteiger partial charge in [-0.3, -0.25) is 0 Å². The van der Waals surface area contributed by atoms with E-state index >= 15 is 0 Å². The number of hydrogen-bond acceptors (Lipinski definition) is 3. The number of aliphatic hydroxyl groups is 1. The predicted octanol–water partition coefficient (Wildman–Crippen LogP) is 5.32. The second kappa shape index (κ2) is 11.2. The van der Waals surface area contributed by atoms with Gasteiger partial charge in [0.15, 0.2) is 0 Å². The lowest BCUT2D eigenvalue weighted by Crippen LogP contribution is -2.32. The zero-order valence-electron chi connectivity index (χ0n) is 14.9. The Balaban J connectivity index is 2.23. The van der Waals surface area contributed by atoms with E-state index in [0.29, 0.717) is 5.92 Å². The van der Waals surface area contributed by atoms with Crippen LogP contribution in [-0.2, 0) is 6.42 Å². The van der Waals surface area contributed by atoms with Gasteiger partial charge in [0.1, 0.15) is 6.10 Å². The lowest BCUT2D eigenvalue weighted by molar-refractivity contribution is 0.139. The molecule has 1 aromatic heterocycles. The first-order valence-electron chi connectivity index (χ1n) is 9.03. The molecule has 2 nitrogen and oxygen atoms in total. The van der Waals surface area contributed by atoms with Crippen molar-refractivity contribution >= 4 is 11.3 Å². The van der Waals surface area contributed by atoms with Crippen LogP contribution >= 0.6 is 11.3 Å². The monoisotopic (exact) mass is 325 g/mol.